The summed E-state index contributed by atoms with van der Waals surface area (Å²) < 4.78 is 89.0. The van der Waals surface area contributed by atoms with Crippen LogP contribution in [-0.4, -0.2) is 41.2 Å². The molecule has 0 radical (unpaired) electrons. The summed E-state index contributed by atoms with van der Waals surface area (Å²) in [5.41, 5.74) is -0.0820. The summed E-state index contributed by atoms with van der Waals surface area (Å²) in [7, 11) is 0. The second-order valence-electron chi connectivity index (χ2n) is 4.87. The van der Waals surface area contributed by atoms with E-state index >= 15 is 0 Å². The number of thioether (sulfide) groups is 1. The van der Waals surface area contributed by atoms with Gasteiger partial charge in [0.05, 0.1) is 0 Å². The molecular weight excluding hydrogens is 351 g/mol. The first-order valence-electron chi connectivity index (χ1n) is 6.36. The van der Waals surface area contributed by atoms with E-state index in [-0.39, 0.29) is 5.56 Å². The van der Waals surface area contributed by atoms with Crippen LogP contribution in [-0.2, 0) is 0 Å². The van der Waals surface area contributed by atoms with Gasteiger partial charge in [0.2, 0.25) is 0 Å². The Kier molecular flexibility index (Phi) is 4.57. The van der Waals surface area contributed by atoms with E-state index in [1.807, 2.05) is 0 Å². The molecule has 1 heterocycles. The molecule has 128 valence electrons. The lowest BCUT2D eigenvalue weighted by Crippen LogP contribution is -2.50. The Hall–Kier alpha value is -1.45. The predicted octanol–water partition coefficient (Wildman–Crippen LogP) is 4.42. The number of amides is 1. The largest absolute Gasteiger partial charge is 0.441 e. The van der Waals surface area contributed by atoms with Gasteiger partial charge in [-0.3, -0.25) is 4.79 Å². The summed E-state index contributed by atoms with van der Waals surface area (Å²) in [4.78, 5) is 12.7. The quantitative estimate of drug-likeness (QED) is 0.587. The zero-order chi connectivity index (χ0) is 17.5. The van der Waals surface area contributed by atoms with Gasteiger partial charge in [0.1, 0.15) is 0 Å². The van der Waals surface area contributed by atoms with E-state index in [2.05, 4.69) is 0 Å². The minimum absolute atomic E-state index is 0.0820. The molecule has 1 aromatic rings. The molecule has 0 aromatic heterocycles. The Labute approximate surface area is 130 Å². The molecule has 2 nitrogen and oxygen atoms in total. The Bertz CT molecular complexity index is 581. The fourth-order valence-electron chi connectivity index (χ4n) is 1.83. The summed E-state index contributed by atoms with van der Waals surface area (Å²) in [5.74, 6) is -0.512. The molecule has 10 heteroatoms. The van der Waals surface area contributed by atoms with E-state index in [4.69, 9.17) is 0 Å². The maximum Gasteiger partial charge on any atom is 0.441 e. The summed E-state index contributed by atoms with van der Waals surface area (Å²) >= 11 is -1.01. The van der Waals surface area contributed by atoms with Gasteiger partial charge in [-0.15, -0.1) is 0 Å². The van der Waals surface area contributed by atoms with Crippen LogP contribution in [0.4, 0.5) is 30.7 Å². The van der Waals surface area contributed by atoms with Crippen LogP contribution in [0.3, 0.4) is 0 Å². The summed E-state index contributed by atoms with van der Waals surface area (Å²) in [6, 6.07) is 4.09. The van der Waals surface area contributed by atoms with Gasteiger partial charge >= 0.3 is 17.4 Å². The Morgan fingerprint density at radius 3 is 2.00 bits per heavy atom. The average molecular weight is 361 g/mol. The molecule has 1 aliphatic heterocycles. The lowest BCUT2D eigenvalue weighted by molar-refractivity contribution is -0.302. The summed E-state index contributed by atoms with van der Waals surface area (Å²) in [6.07, 6.45) is -11.5. The zero-order valence-electron chi connectivity index (χ0n) is 11.3. The van der Waals surface area contributed by atoms with Crippen LogP contribution in [0.15, 0.2) is 29.2 Å². The molecule has 1 aliphatic rings. The fourth-order valence-corrected chi connectivity index (χ4v) is 2.72. The van der Waals surface area contributed by atoms with E-state index in [1.54, 1.807) is 0 Å². The predicted molar refractivity (Wildman–Crippen MR) is 68.8 cm³/mol. The van der Waals surface area contributed by atoms with Crippen molar-refractivity contribution in [2.45, 2.75) is 28.7 Å². The van der Waals surface area contributed by atoms with Gasteiger partial charge in [0.25, 0.3) is 5.91 Å². The van der Waals surface area contributed by atoms with Crippen LogP contribution in [0.2, 0.25) is 0 Å². The van der Waals surface area contributed by atoms with Gasteiger partial charge in [0, 0.05) is 23.5 Å². The van der Waals surface area contributed by atoms with E-state index in [0.29, 0.717) is 13.1 Å². The van der Waals surface area contributed by atoms with Crippen LogP contribution < -0.4 is 0 Å². The van der Waals surface area contributed by atoms with Crippen molar-refractivity contribution >= 4 is 17.7 Å². The van der Waals surface area contributed by atoms with Crippen LogP contribution >= 0.6 is 11.8 Å². The van der Waals surface area contributed by atoms with Gasteiger partial charge in [-0.2, -0.15) is 26.3 Å². The van der Waals surface area contributed by atoms with Crippen molar-refractivity contribution in [1.82, 2.24) is 4.90 Å². The molecule has 0 aliphatic carbocycles. The second-order valence-corrected chi connectivity index (χ2v) is 6.10. The van der Waals surface area contributed by atoms with Crippen LogP contribution in [0, 0.1) is 0 Å². The van der Waals surface area contributed by atoms with Gasteiger partial charge in [-0.1, -0.05) is 17.8 Å². The number of hydrogen-bond acceptors (Lipinski definition) is 2. The molecule has 0 bridgehead atoms. The summed E-state index contributed by atoms with van der Waals surface area (Å²) in [5, 5.41) is -5.45. The standard InChI is InChI=1S/C13H10F7NOS/c14-11(12(15,16)17,13(18,19)20)23-9-4-1-3-8(7-9)10(22)21-5-2-6-21/h1,3-4,7H,2,5-6H2. The smallest absolute Gasteiger partial charge is 0.339 e. The van der Waals surface area contributed by atoms with Crippen LogP contribution in [0.1, 0.15) is 16.8 Å². The molecular formula is C13H10F7NOS. The third kappa shape index (κ3) is 3.41. The van der Waals surface area contributed by atoms with Crippen molar-refractivity contribution < 1.29 is 35.5 Å². The third-order valence-electron chi connectivity index (χ3n) is 3.21. The van der Waals surface area contributed by atoms with Crippen molar-refractivity contribution in [2.24, 2.45) is 0 Å². The number of hydrogen-bond donors (Lipinski definition) is 0. The first kappa shape index (κ1) is 17.9. The molecule has 1 fully saturated rings. The highest BCUT2D eigenvalue weighted by molar-refractivity contribution is 8.00. The number of halogens is 7. The zero-order valence-corrected chi connectivity index (χ0v) is 12.2. The highest BCUT2D eigenvalue weighted by Gasteiger charge is 2.73. The highest BCUT2D eigenvalue weighted by Crippen LogP contribution is 2.55. The number of carbonyl (C=O) groups is 1. The topological polar surface area (TPSA) is 20.3 Å². The maximum absolute atomic E-state index is 13.7. The van der Waals surface area contributed by atoms with Crippen LogP contribution in [0.5, 0.6) is 0 Å². The third-order valence-corrected chi connectivity index (χ3v) is 4.45. The molecule has 0 atom stereocenters. The molecule has 2 rings (SSSR count). The van der Waals surface area contributed by atoms with Gasteiger partial charge in [-0.05, 0) is 24.6 Å². The highest BCUT2D eigenvalue weighted by atomic mass is 32.2. The molecule has 1 saturated heterocycles. The molecule has 0 spiro atoms. The number of benzene rings is 1. The van der Waals surface area contributed by atoms with Crippen LogP contribution in [0.25, 0.3) is 0 Å². The van der Waals surface area contributed by atoms with E-state index in [0.717, 1.165) is 24.6 Å². The second kappa shape index (κ2) is 5.88. The van der Waals surface area contributed by atoms with E-state index in [9.17, 15) is 35.5 Å². The first-order valence-corrected chi connectivity index (χ1v) is 7.18. The van der Waals surface area contributed by atoms with Gasteiger partial charge in [-0.25, -0.2) is 4.39 Å². The van der Waals surface area contributed by atoms with Crippen molar-refractivity contribution in [1.29, 1.82) is 0 Å². The Morgan fingerprint density at radius 2 is 1.57 bits per heavy atom. The average Bonchev–Trinajstić information content (AvgIpc) is 2.34. The Balaban J connectivity index is 2.29. The number of likely N-dealkylation sites (tertiary alicyclic amines) is 1. The number of rotatable bonds is 3. The number of carbonyl (C=O) groups excluding carboxylic acids is 1. The number of alkyl halides is 7. The molecule has 1 amide bonds. The fraction of sp³-hybridized carbons (Fsp3) is 0.462. The lowest BCUT2D eigenvalue weighted by atomic mass is 10.1. The van der Waals surface area contributed by atoms with Crippen molar-refractivity contribution in [2.75, 3.05) is 13.1 Å². The molecule has 1 aromatic carbocycles. The minimum Gasteiger partial charge on any atom is -0.339 e. The van der Waals surface area contributed by atoms with Gasteiger partial charge in [0.15, 0.2) is 0 Å². The molecule has 0 saturated carbocycles. The van der Waals surface area contributed by atoms with Crippen molar-refractivity contribution in [3.05, 3.63) is 29.8 Å². The molecule has 0 N–H and O–H groups in total. The monoisotopic (exact) mass is 361 g/mol. The Morgan fingerprint density at radius 1 is 1.00 bits per heavy atom. The minimum atomic E-state index is -6.15. The van der Waals surface area contributed by atoms with E-state index in [1.165, 1.54) is 11.0 Å². The first-order chi connectivity index (χ1) is 10.5. The lowest BCUT2D eigenvalue weighted by Gasteiger charge is -2.31. The molecule has 23 heavy (non-hydrogen) atoms. The van der Waals surface area contributed by atoms with Crippen molar-refractivity contribution in [3.8, 4) is 0 Å². The summed E-state index contributed by atoms with van der Waals surface area (Å²) in [6.45, 7) is 0.933. The molecule has 0 unspecified atom stereocenters. The van der Waals surface area contributed by atoms with Crippen molar-refractivity contribution in [3.63, 3.8) is 0 Å². The van der Waals surface area contributed by atoms with E-state index < -0.39 is 39.9 Å². The normalized spacial score (nSPS) is 16.2. The van der Waals surface area contributed by atoms with Gasteiger partial charge < -0.3 is 4.90 Å². The maximum atomic E-state index is 13.7. The SMILES string of the molecule is O=C(c1cccc(SC(F)(C(F)(F)F)C(F)(F)F)c1)N1CCC1. The number of nitrogens with zero attached hydrogens (tertiary/aromatic N) is 1.